The normalized spacial score (nSPS) is 15.5. The highest BCUT2D eigenvalue weighted by Gasteiger charge is 2.29. The Bertz CT molecular complexity index is 990. The van der Waals surface area contributed by atoms with Crippen molar-refractivity contribution in [2.75, 3.05) is 47.0 Å². The molecule has 196 valence electrons. The average Bonchev–Trinajstić information content (AvgIpc) is 2.87. The van der Waals surface area contributed by atoms with Gasteiger partial charge < -0.3 is 24.5 Å². The first-order valence-electron chi connectivity index (χ1n) is 11.8. The molecule has 10 heteroatoms. The predicted molar refractivity (Wildman–Crippen MR) is 137 cm³/mol. The lowest BCUT2D eigenvalue weighted by atomic mass is 9.97. The summed E-state index contributed by atoms with van der Waals surface area (Å²) in [6, 6.07) is 12.1. The second kappa shape index (κ2) is 13.6. The van der Waals surface area contributed by atoms with Crippen molar-refractivity contribution in [1.29, 1.82) is 0 Å². The molecule has 2 aromatic carbocycles. The summed E-state index contributed by atoms with van der Waals surface area (Å²) in [5.74, 6) is 1.31. The number of piperidine rings is 1. The van der Waals surface area contributed by atoms with E-state index >= 15 is 0 Å². The van der Waals surface area contributed by atoms with Crippen LogP contribution in [-0.2, 0) is 22.4 Å². The van der Waals surface area contributed by atoms with Crippen LogP contribution in [0.4, 0.5) is 13.2 Å². The number of benzene rings is 2. The van der Waals surface area contributed by atoms with Gasteiger partial charge in [-0.15, -0.1) is 0 Å². The number of methoxy groups -OCH3 is 1. The third-order valence-corrected chi connectivity index (χ3v) is 6.21. The highest BCUT2D eigenvalue weighted by atomic mass is 32.1. The first-order valence-corrected chi connectivity index (χ1v) is 12.2. The quantitative estimate of drug-likeness (QED) is 0.257. The summed E-state index contributed by atoms with van der Waals surface area (Å²) >= 11 is 5.41. The highest BCUT2D eigenvalue weighted by Crippen LogP contribution is 2.29. The van der Waals surface area contributed by atoms with Gasteiger partial charge in [-0.05, 0) is 80.9 Å². The van der Waals surface area contributed by atoms with Crippen LogP contribution in [-0.4, -0.2) is 62.6 Å². The van der Waals surface area contributed by atoms with Crippen molar-refractivity contribution in [3.63, 3.8) is 0 Å². The van der Waals surface area contributed by atoms with E-state index < -0.39 is 11.7 Å². The number of alkyl halides is 3. The van der Waals surface area contributed by atoms with Gasteiger partial charge in [0.25, 0.3) is 0 Å². The van der Waals surface area contributed by atoms with Crippen LogP contribution in [0.5, 0.6) is 5.75 Å². The van der Waals surface area contributed by atoms with E-state index in [4.69, 9.17) is 26.5 Å². The van der Waals surface area contributed by atoms with Gasteiger partial charge in [0.05, 0.1) is 12.2 Å². The Morgan fingerprint density at radius 2 is 1.72 bits per heavy atom. The predicted octanol–water partition coefficient (Wildman–Crippen LogP) is 4.91. The van der Waals surface area contributed by atoms with Crippen molar-refractivity contribution in [2.45, 2.75) is 25.6 Å². The second-order valence-electron chi connectivity index (χ2n) is 8.80. The van der Waals surface area contributed by atoms with Crippen LogP contribution in [0.1, 0.15) is 29.5 Å². The van der Waals surface area contributed by atoms with Gasteiger partial charge in [0.15, 0.2) is 0 Å². The molecule has 2 aromatic rings. The van der Waals surface area contributed by atoms with Crippen molar-refractivity contribution < 1.29 is 27.5 Å². The molecule has 0 aliphatic carbocycles. The number of hydrogen-bond donors (Lipinski definition) is 1. The summed E-state index contributed by atoms with van der Waals surface area (Å²) in [5.41, 5.74) is 1.20. The van der Waals surface area contributed by atoms with E-state index in [1.165, 1.54) is 25.0 Å². The van der Waals surface area contributed by atoms with E-state index in [2.05, 4.69) is 22.4 Å². The van der Waals surface area contributed by atoms with Crippen molar-refractivity contribution in [3.8, 4) is 5.75 Å². The smallest absolute Gasteiger partial charge is 0.416 e. The third-order valence-electron chi connectivity index (χ3n) is 5.95. The van der Waals surface area contributed by atoms with Crippen molar-refractivity contribution in [3.05, 3.63) is 65.2 Å². The van der Waals surface area contributed by atoms with Crippen LogP contribution in [0.15, 0.2) is 53.7 Å². The third kappa shape index (κ3) is 9.07. The number of oxime groups is 1. The molecule has 3 rings (SSSR count). The van der Waals surface area contributed by atoms with Crippen LogP contribution < -0.4 is 10.1 Å². The molecular weight excluding hydrogens is 491 g/mol. The lowest BCUT2D eigenvalue weighted by Crippen LogP contribution is -2.37. The summed E-state index contributed by atoms with van der Waals surface area (Å²) in [4.78, 5) is 8.39. The number of ether oxygens (including phenoxy) is 2. The monoisotopic (exact) mass is 523 g/mol. The molecule has 0 bridgehead atoms. The molecule has 0 aromatic heterocycles. The van der Waals surface area contributed by atoms with Crippen molar-refractivity contribution in [1.82, 2.24) is 10.2 Å². The Morgan fingerprint density at radius 3 is 2.33 bits per heavy atom. The number of nitrogens with one attached hydrogen (secondary N) is 1. The van der Waals surface area contributed by atoms with E-state index in [1.54, 1.807) is 7.11 Å². The molecule has 1 aliphatic rings. The molecule has 0 saturated carbocycles. The molecule has 1 saturated heterocycles. The molecule has 0 amide bonds. The molecule has 1 N–H and O–H groups in total. The maximum Gasteiger partial charge on any atom is 0.416 e. The topological polar surface area (TPSA) is 55.3 Å². The number of thiocarbonyl (C=S) groups is 1. The van der Waals surface area contributed by atoms with Gasteiger partial charge in [-0.2, -0.15) is 13.2 Å². The van der Waals surface area contributed by atoms with Crippen LogP contribution >= 0.6 is 12.2 Å². The fraction of sp³-hybridized carbons (Fsp3) is 0.462. The fourth-order valence-corrected chi connectivity index (χ4v) is 3.88. The second-order valence-corrected chi connectivity index (χ2v) is 9.30. The minimum absolute atomic E-state index is 0.0363. The lowest BCUT2D eigenvalue weighted by molar-refractivity contribution is -0.137. The van der Waals surface area contributed by atoms with Gasteiger partial charge in [0.1, 0.15) is 29.7 Å². The van der Waals surface area contributed by atoms with Gasteiger partial charge in [-0.3, -0.25) is 0 Å². The van der Waals surface area contributed by atoms with E-state index in [0.717, 1.165) is 37.3 Å². The molecule has 0 spiro atoms. The molecule has 1 heterocycles. The number of rotatable bonds is 11. The minimum atomic E-state index is -4.37. The van der Waals surface area contributed by atoms with Crippen LogP contribution in [0.25, 0.3) is 0 Å². The molecule has 6 nitrogen and oxygen atoms in total. The summed E-state index contributed by atoms with van der Waals surface area (Å²) < 4.78 is 49.1. The maximum absolute atomic E-state index is 12.7. The molecule has 1 aliphatic heterocycles. The molecule has 0 unspecified atom stereocenters. The van der Waals surface area contributed by atoms with E-state index in [1.807, 2.05) is 24.3 Å². The highest BCUT2D eigenvalue weighted by molar-refractivity contribution is 7.80. The summed E-state index contributed by atoms with van der Waals surface area (Å²) in [7, 11) is 3.69. The van der Waals surface area contributed by atoms with Gasteiger partial charge in [0, 0.05) is 19.2 Å². The Kier molecular flexibility index (Phi) is 10.5. The SMILES string of the molecule is COC/C(=N\OCc1ccc(C(F)(F)F)cc1)c1ccc(OCC(=S)NCC2CCN(C)CC2)cc1. The van der Waals surface area contributed by atoms with Crippen LogP contribution in [0.3, 0.4) is 0 Å². The van der Waals surface area contributed by atoms with Crippen LogP contribution in [0.2, 0.25) is 0 Å². The number of likely N-dealkylation sites (tertiary alicyclic amines) is 1. The maximum atomic E-state index is 12.7. The zero-order valence-corrected chi connectivity index (χ0v) is 21.3. The fourth-order valence-electron chi connectivity index (χ4n) is 3.74. The van der Waals surface area contributed by atoms with Gasteiger partial charge in [0.2, 0.25) is 0 Å². The van der Waals surface area contributed by atoms with Gasteiger partial charge in [-0.25, -0.2) is 0 Å². The van der Waals surface area contributed by atoms with Gasteiger partial charge >= 0.3 is 6.18 Å². The van der Waals surface area contributed by atoms with E-state index in [-0.39, 0.29) is 13.2 Å². The Hall–Kier alpha value is -2.69. The molecule has 1 fully saturated rings. The molecule has 36 heavy (non-hydrogen) atoms. The van der Waals surface area contributed by atoms with Gasteiger partial charge in [-0.1, -0.05) is 29.5 Å². The zero-order chi connectivity index (χ0) is 26.0. The Balaban J connectivity index is 1.47. The molecule has 0 atom stereocenters. The standard InChI is InChI=1S/C26H32F3N3O3S/c1-32-13-11-19(12-14-32)15-30-25(36)18-34-23-9-5-21(6-10-23)24(17-33-2)31-35-16-20-3-7-22(8-4-20)26(27,28)29/h3-10,19H,11-18H2,1-2H3,(H,30,36)/b31-24+. The van der Waals surface area contributed by atoms with E-state index in [0.29, 0.717) is 34.5 Å². The summed E-state index contributed by atoms with van der Waals surface area (Å²) in [6.45, 7) is 3.66. The first kappa shape index (κ1) is 27.9. The first-order chi connectivity index (χ1) is 17.2. The Morgan fingerprint density at radius 1 is 1.06 bits per heavy atom. The summed E-state index contributed by atoms with van der Waals surface area (Å²) in [6.07, 6.45) is -2.02. The average molecular weight is 524 g/mol. The lowest BCUT2D eigenvalue weighted by Gasteiger charge is -2.29. The molecule has 0 radical (unpaired) electrons. The number of nitrogens with zero attached hydrogens (tertiary/aromatic N) is 2. The largest absolute Gasteiger partial charge is 0.486 e. The van der Waals surface area contributed by atoms with Crippen molar-refractivity contribution in [2.24, 2.45) is 11.1 Å². The zero-order valence-electron chi connectivity index (χ0n) is 20.5. The van der Waals surface area contributed by atoms with E-state index in [9.17, 15) is 13.2 Å². The minimum Gasteiger partial charge on any atom is -0.486 e. The summed E-state index contributed by atoms with van der Waals surface area (Å²) in [5, 5.41) is 7.43. The number of halogens is 3. The van der Waals surface area contributed by atoms with Crippen molar-refractivity contribution >= 4 is 22.9 Å². The molecular formula is C26H32F3N3O3S. The number of hydrogen-bond acceptors (Lipinski definition) is 6. The Labute approximate surface area is 215 Å². The van der Waals surface area contributed by atoms with Crippen LogP contribution in [0, 0.1) is 5.92 Å².